The Balaban J connectivity index is 2.85. The Morgan fingerprint density at radius 1 is 1.50 bits per heavy atom. The van der Waals surface area contributed by atoms with Crippen LogP contribution in [0.25, 0.3) is 0 Å². The number of rotatable bonds is 2. The fourth-order valence-corrected chi connectivity index (χ4v) is 2.34. The lowest BCUT2D eigenvalue weighted by Gasteiger charge is -2.22. The fourth-order valence-electron chi connectivity index (χ4n) is 1.02. The minimum Gasteiger partial charge on any atom is -0.357 e. The molecule has 0 aromatic carbocycles. The molecule has 4 nitrogen and oxygen atoms in total. The van der Waals surface area contributed by atoms with Crippen molar-refractivity contribution >= 4 is 9.84 Å². The first-order valence-corrected chi connectivity index (χ1v) is 5.44. The first-order valence-electron chi connectivity index (χ1n) is 3.83. The molecule has 5 heteroatoms. The van der Waals surface area contributed by atoms with Crippen molar-refractivity contribution in [1.29, 1.82) is 0 Å². The number of hydrogen-bond donors (Lipinski definition) is 1. The Morgan fingerprint density at radius 2 is 2.08 bits per heavy atom. The highest BCUT2D eigenvalue weighted by molar-refractivity contribution is 7.92. The van der Waals surface area contributed by atoms with E-state index in [4.69, 9.17) is 0 Å². The maximum atomic E-state index is 11.6. The van der Waals surface area contributed by atoms with Crippen molar-refractivity contribution in [3.63, 3.8) is 0 Å². The summed E-state index contributed by atoms with van der Waals surface area (Å²) in [6.45, 7) is 3.37. The Hall–Kier alpha value is -0.710. The second-order valence-electron chi connectivity index (χ2n) is 3.14. The summed E-state index contributed by atoms with van der Waals surface area (Å²) in [5, 5.41) is 2.44. The Morgan fingerprint density at radius 3 is 2.42 bits per heavy atom. The zero-order valence-electron chi connectivity index (χ0n) is 7.48. The average molecular weight is 190 g/mol. The predicted molar refractivity (Wildman–Crippen MR) is 47.9 cm³/mol. The molecule has 1 aliphatic heterocycles. The van der Waals surface area contributed by atoms with E-state index in [1.54, 1.807) is 38.2 Å². The summed E-state index contributed by atoms with van der Waals surface area (Å²) in [6, 6.07) is 0. The summed E-state index contributed by atoms with van der Waals surface area (Å²) in [5.41, 5.74) is -0.586. The molecular weight excluding hydrogens is 176 g/mol. The summed E-state index contributed by atoms with van der Waals surface area (Å²) in [6.07, 6.45) is 3.36. The molecule has 70 valence electrons. The van der Waals surface area contributed by atoms with E-state index in [0.717, 1.165) is 0 Å². The van der Waals surface area contributed by atoms with Gasteiger partial charge in [0.15, 0.2) is 9.84 Å². The van der Waals surface area contributed by atoms with E-state index in [1.807, 2.05) is 0 Å². The molecule has 0 aromatic rings. The summed E-state index contributed by atoms with van der Waals surface area (Å²) in [7, 11) is -1.34. The van der Waals surface area contributed by atoms with Crippen LogP contribution >= 0.6 is 0 Å². The minimum absolute atomic E-state index is 0.350. The van der Waals surface area contributed by atoms with Crippen molar-refractivity contribution in [1.82, 2.24) is 10.2 Å². The Kier molecular flexibility index (Phi) is 2.32. The van der Waals surface area contributed by atoms with Gasteiger partial charge in [0.25, 0.3) is 0 Å². The molecule has 1 N–H and O–H groups in total. The van der Waals surface area contributed by atoms with Gasteiger partial charge >= 0.3 is 0 Å². The predicted octanol–water partition coefficient (Wildman–Crippen LogP) is 0.0994. The molecule has 12 heavy (non-hydrogen) atoms. The van der Waals surface area contributed by atoms with Gasteiger partial charge in [-0.3, -0.25) is 0 Å². The van der Waals surface area contributed by atoms with Gasteiger partial charge in [0, 0.05) is 19.4 Å². The van der Waals surface area contributed by atoms with Crippen molar-refractivity contribution < 1.29 is 8.42 Å². The van der Waals surface area contributed by atoms with Gasteiger partial charge in [-0.2, -0.15) is 0 Å². The zero-order valence-corrected chi connectivity index (χ0v) is 8.30. The number of sulfone groups is 1. The molecular formula is C7H14N2O2S. The molecule has 1 atom stereocenters. The monoisotopic (exact) mass is 190 g/mol. The van der Waals surface area contributed by atoms with Crippen LogP contribution in [0.1, 0.15) is 13.8 Å². The fraction of sp³-hybridized carbons (Fsp3) is 0.714. The van der Waals surface area contributed by atoms with Gasteiger partial charge in [-0.25, -0.2) is 8.42 Å². The SMILES string of the molecule is CC(C)S(=O)(=O)C1NC=CN1C. The van der Waals surface area contributed by atoms with Crippen LogP contribution < -0.4 is 5.32 Å². The molecule has 0 saturated carbocycles. The molecule has 1 rings (SSSR count). The normalized spacial score (nSPS) is 23.3. The van der Waals surface area contributed by atoms with Gasteiger partial charge in [0.1, 0.15) is 0 Å². The van der Waals surface area contributed by atoms with Gasteiger partial charge < -0.3 is 10.2 Å². The van der Waals surface area contributed by atoms with Crippen molar-refractivity contribution in [3.05, 3.63) is 12.4 Å². The van der Waals surface area contributed by atoms with Crippen LogP contribution in [0.4, 0.5) is 0 Å². The summed E-state index contributed by atoms with van der Waals surface area (Å²) in [5.74, 6) is 0. The molecule has 0 aliphatic carbocycles. The molecule has 1 unspecified atom stereocenters. The number of nitrogens with one attached hydrogen (secondary N) is 1. The highest BCUT2D eigenvalue weighted by Gasteiger charge is 2.32. The molecule has 1 aliphatic rings. The highest BCUT2D eigenvalue weighted by atomic mass is 32.2. The number of hydrogen-bond acceptors (Lipinski definition) is 4. The van der Waals surface area contributed by atoms with Crippen LogP contribution in [0.15, 0.2) is 12.4 Å². The Bertz CT molecular complexity index is 282. The average Bonchev–Trinajstić information content (AvgIpc) is 2.35. The zero-order chi connectivity index (χ0) is 9.35. The quantitative estimate of drug-likeness (QED) is 0.671. The third-order valence-corrected chi connectivity index (χ3v) is 4.29. The Labute approximate surface area is 73.2 Å². The molecule has 1 heterocycles. The highest BCUT2D eigenvalue weighted by Crippen LogP contribution is 2.13. The number of nitrogens with zero attached hydrogens (tertiary/aromatic N) is 1. The summed E-state index contributed by atoms with van der Waals surface area (Å²) in [4.78, 5) is 1.65. The largest absolute Gasteiger partial charge is 0.357 e. The molecule has 0 bridgehead atoms. The van der Waals surface area contributed by atoms with Gasteiger partial charge in [-0.05, 0) is 13.8 Å². The van der Waals surface area contributed by atoms with E-state index in [-0.39, 0.29) is 5.25 Å². The van der Waals surface area contributed by atoms with Crippen LogP contribution in [0.2, 0.25) is 0 Å². The van der Waals surface area contributed by atoms with E-state index in [2.05, 4.69) is 5.32 Å². The van der Waals surface area contributed by atoms with E-state index in [9.17, 15) is 8.42 Å². The summed E-state index contributed by atoms with van der Waals surface area (Å²) < 4.78 is 23.2. The van der Waals surface area contributed by atoms with E-state index < -0.39 is 15.3 Å². The second-order valence-corrected chi connectivity index (χ2v) is 5.71. The van der Waals surface area contributed by atoms with E-state index in [1.165, 1.54) is 0 Å². The third kappa shape index (κ3) is 1.41. The van der Waals surface area contributed by atoms with Gasteiger partial charge in [-0.1, -0.05) is 0 Å². The van der Waals surface area contributed by atoms with Crippen LogP contribution in [0, 0.1) is 0 Å². The minimum atomic E-state index is -3.07. The molecule has 0 saturated heterocycles. The van der Waals surface area contributed by atoms with Crippen LogP contribution in [0.3, 0.4) is 0 Å². The van der Waals surface area contributed by atoms with Gasteiger partial charge in [0.2, 0.25) is 5.50 Å². The van der Waals surface area contributed by atoms with E-state index >= 15 is 0 Å². The van der Waals surface area contributed by atoms with Crippen LogP contribution in [-0.2, 0) is 9.84 Å². The van der Waals surface area contributed by atoms with Gasteiger partial charge in [0.05, 0.1) is 5.25 Å². The molecule has 0 radical (unpaired) electrons. The summed E-state index contributed by atoms with van der Waals surface area (Å²) >= 11 is 0. The van der Waals surface area contributed by atoms with Crippen molar-refractivity contribution in [2.24, 2.45) is 0 Å². The van der Waals surface area contributed by atoms with E-state index in [0.29, 0.717) is 0 Å². The lowest BCUT2D eigenvalue weighted by Crippen LogP contribution is -2.43. The maximum Gasteiger partial charge on any atom is 0.204 e. The second kappa shape index (κ2) is 2.97. The van der Waals surface area contributed by atoms with Crippen molar-refractivity contribution in [2.75, 3.05) is 7.05 Å². The topological polar surface area (TPSA) is 49.4 Å². The molecule has 0 aromatic heterocycles. The first-order chi connectivity index (χ1) is 5.46. The maximum absolute atomic E-state index is 11.6. The van der Waals surface area contributed by atoms with Crippen molar-refractivity contribution in [3.8, 4) is 0 Å². The standard InChI is InChI=1S/C7H14N2O2S/c1-6(2)12(10,11)7-8-4-5-9(7)3/h4-8H,1-3H3. The smallest absolute Gasteiger partial charge is 0.204 e. The molecule has 0 fully saturated rings. The lowest BCUT2D eigenvalue weighted by atomic mass is 10.6. The van der Waals surface area contributed by atoms with Crippen LogP contribution in [0.5, 0.6) is 0 Å². The first kappa shape index (κ1) is 9.38. The molecule has 0 amide bonds. The third-order valence-electron chi connectivity index (χ3n) is 1.89. The van der Waals surface area contributed by atoms with Crippen LogP contribution in [-0.4, -0.2) is 31.1 Å². The lowest BCUT2D eigenvalue weighted by molar-refractivity contribution is 0.405. The van der Waals surface area contributed by atoms with Crippen molar-refractivity contribution in [2.45, 2.75) is 24.6 Å². The molecule has 0 spiro atoms. The van der Waals surface area contributed by atoms with Gasteiger partial charge in [-0.15, -0.1) is 0 Å².